The average molecular weight is 554 g/mol. The smallest absolute Gasteiger partial charge is 0.313 e. The number of allylic oxidation sites excluding steroid dienone is 1. The predicted molar refractivity (Wildman–Crippen MR) is 149 cm³/mol. The second-order valence-electron chi connectivity index (χ2n) is 10.3. The zero-order valence-electron chi connectivity index (χ0n) is 23.5. The molecule has 4 rings (SSSR count). The van der Waals surface area contributed by atoms with Gasteiger partial charge in [0.05, 0.1) is 45.5 Å². The monoisotopic (exact) mass is 553 g/mol. The number of quaternary nitrogens is 1. The Morgan fingerprint density at radius 1 is 1.12 bits per heavy atom. The topological polar surface area (TPSA) is 87.9 Å². The van der Waals surface area contributed by atoms with Gasteiger partial charge in [-0.25, -0.2) is 4.39 Å². The lowest BCUT2D eigenvalue weighted by Gasteiger charge is -2.42. The van der Waals surface area contributed by atoms with E-state index in [-0.39, 0.29) is 29.9 Å². The van der Waals surface area contributed by atoms with Crippen molar-refractivity contribution in [3.05, 3.63) is 65.6 Å². The Morgan fingerprint density at radius 2 is 1.93 bits per heavy atom. The number of carbonyl (C=O) groups excluding carboxylic acids is 2. The minimum Gasteiger partial charge on any atom is -0.493 e. The highest BCUT2D eigenvalue weighted by Gasteiger charge is 2.37. The summed E-state index contributed by atoms with van der Waals surface area (Å²) in [5.74, 6) is 0.666. The molecule has 0 radical (unpaired) electrons. The highest BCUT2D eigenvalue weighted by Crippen LogP contribution is 2.35. The Kier molecular flexibility index (Phi) is 9.93. The van der Waals surface area contributed by atoms with Crippen LogP contribution in [0.25, 0.3) is 11.0 Å². The van der Waals surface area contributed by atoms with Gasteiger partial charge in [0.2, 0.25) is 6.73 Å². The number of carbonyl (C=O) groups is 2. The lowest BCUT2D eigenvalue weighted by molar-refractivity contribution is -0.948. The Balaban J connectivity index is 1.40. The van der Waals surface area contributed by atoms with Crippen LogP contribution in [0.3, 0.4) is 0 Å². The number of esters is 1. The summed E-state index contributed by atoms with van der Waals surface area (Å²) >= 11 is 0. The zero-order valence-corrected chi connectivity index (χ0v) is 23.5. The van der Waals surface area contributed by atoms with Gasteiger partial charge in [-0.3, -0.25) is 14.1 Å². The second kappa shape index (κ2) is 13.6. The number of piperidine rings is 1. The van der Waals surface area contributed by atoms with E-state index < -0.39 is 0 Å². The van der Waals surface area contributed by atoms with Crippen molar-refractivity contribution in [2.45, 2.75) is 51.9 Å². The quantitative estimate of drug-likeness (QED) is 0.0819. The highest BCUT2D eigenvalue weighted by molar-refractivity contribution is 5.94. The molecule has 1 saturated heterocycles. The van der Waals surface area contributed by atoms with Crippen LogP contribution < -0.4 is 9.47 Å². The van der Waals surface area contributed by atoms with Crippen LogP contribution in [0.2, 0.25) is 0 Å². The van der Waals surface area contributed by atoms with Crippen molar-refractivity contribution in [1.29, 1.82) is 0 Å². The van der Waals surface area contributed by atoms with E-state index in [1.807, 2.05) is 19.1 Å². The van der Waals surface area contributed by atoms with Crippen LogP contribution in [-0.2, 0) is 9.53 Å². The normalized spacial score (nSPS) is 19.1. The molecule has 0 unspecified atom stereocenters. The summed E-state index contributed by atoms with van der Waals surface area (Å²) in [6.07, 6.45) is 7.36. The first-order chi connectivity index (χ1) is 19.3. The number of Topliss-reactive ketones (excluding diaryl/α,β-unsaturated/α-hetero) is 1. The zero-order chi connectivity index (χ0) is 28.5. The minimum atomic E-state index is -0.347. The molecule has 40 heavy (non-hydrogen) atoms. The number of ether oxygens (including phenoxy) is 3. The summed E-state index contributed by atoms with van der Waals surface area (Å²) in [5.41, 5.74) is 1.88. The molecule has 0 spiro atoms. The van der Waals surface area contributed by atoms with E-state index in [2.05, 4.69) is 5.16 Å². The Morgan fingerprint density at radius 3 is 2.65 bits per heavy atom. The van der Waals surface area contributed by atoms with Gasteiger partial charge in [0.1, 0.15) is 5.82 Å². The van der Waals surface area contributed by atoms with Crippen molar-refractivity contribution < 1.29 is 37.2 Å². The number of rotatable bonds is 13. The summed E-state index contributed by atoms with van der Waals surface area (Å²) in [4.78, 5) is 24.1. The number of nitrogens with zero attached hydrogens (tertiary/aromatic N) is 2. The van der Waals surface area contributed by atoms with Gasteiger partial charge >= 0.3 is 5.97 Å². The van der Waals surface area contributed by atoms with E-state index in [9.17, 15) is 14.0 Å². The molecule has 1 fully saturated rings. The number of methoxy groups -OCH3 is 1. The van der Waals surface area contributed by atoms with Gasteiger partial charge in [0.25, 0.3) is 0 Å². The molecule has 1 aliphatic heterocycles. The van der Waals surface area contributed by atoms with Crippen LogP contribution in [0.4, 0.5) is 4.39 Å². The maximum Gasteiger partial charge on any atom is 0.313 e. The fourth-order valence-electron chi connectivity index (χ4n) is 5.23. The summed E-state index contributed by atoms with van der Waals surface area (Å²) in [5, 5.41) is 5.12. The average Bonchev–Trinajstić information content (AvgIpc) is 3.37. The van der Waals surface area contributed by atoms with Crippen molar-refractivity contribution in [2.75, 3.05) is 40.1 Å². The number of likely N-dealkylation sites (tertiary alicyclic amines) is 1. The number of hydrogen-bond donors (Lipinski definition) is 0. The van der Waals surface area contributed by atoms with Gasteiger partial charge in [-0.2, -0.15) is 0 Å². The molecule has 1 aromatic heterocycles. The largest absolute Gasteiger partial charge is 0.493 e. The maximum absolute atomic E-state index is 13.6. The van der Waals surface area contributed by atoms with Gasteiger partial charge in [0.15, 0.2) is 22.9 Å². The number of ketones is 1. The molecule has 0 aliphatic carbocycles. The molecular formula is C31H38FN2O6+. The lowest BCUT2D eigenvalue weighted by Crippen LogP contribution is -2.55. The third kappa shape index (κ3) is 7.27. The molecule has 2 heterocycles. The molecule has 2 aromatic carbocycles. The standard InChI is InChI=1S/C31H38FN2O6/c1-4-5-6-8-30(36)39-21-34(15-7-18-38-27-12-9-24(22(2)35)19-29(27)37-3)16-13-23(14-17-34)31-26-11-10-25(32)20-28(26)40-33-31/h5-6,9-12,19-20,23H,4,7-8,13-18,21H2,1-3H3/q+1/b6-5+. The van der Waals surface area contributed by atoms with Crippen molar-refractivity contribution in [3.8, 4) is 11.5 Å². The van der Waals surface area contributed by atoms with Crippen LogP contribution in [-0.4, -0.2) is 61.5 Å². The molecule has 0 amide bonds. The first-order valence-electron chi connectivity index (χ1n) is 13.9. The predicted octanol–water partition coefficient (Wildman–Crippen LogP) is 6.20. The fourth-order valence-corrected chi connectivity index (χ4v) is 5.23. The fraction of sp³-hybridized carbons (Fsp3) is 0.452. The summed E-state index contributed by atoms with van der Waals surface area (Å²) in [6.45, 7) is 6.65. The van der Waals surface area contributed by atoms with Gasteiger partial charge in [-0.05, 0) is 43.7 Å². The summed E-state index contributed by atoms with van der Waals surface area (Å²) < 4.78 is 36.8. The molecule has 8 nitrogen and oxygen atoms in total. The SMILES string of the molecule is CC/C=C/CC(=O)OC[N+]1(CCCOc2ccc(C(C)=O)cc2OC)CCC(c2noc3cc(F)ccc23)CC1. The Labute approximate surface area is 234 Å². The van der Waals surface area contributed by atoms with Crippen LogP contribution in [0, 0.1) is 5.82 Å². The van der Waals surface area contributed by atoms with Gasteiger partial charge in [0, 0.05) is 42.2 Å². The summed E-state index contributed by atoms with van der Waals surface area (Å²) in [6, 6.07) is 9.70. The van der Waals surface area contributed by atoms with E-state index in [0.29, 0.717) is 40.5 Å². The minimum absolute atomic E-state index is 0.0368. The van der Waals surface area contributed by atoms with Crippen LogP contribution in [0.1, 0.15) is 67.9 Å². The first-order valence-corrected chi connectivity index (χ1v) is 13.9. The van der Waals surface area contributed by atoms with E-state index in [4.69, 9.17) is 18.7 Å². The molecule has 0 N–H and O–H groups in total. The molecular weight excluding hydrogens is 515 g/mol. The van der Waals surface area contributed by atoms with E-state index in [1.165, 1.54) is 19.1 Å². The molecule has 3 aromatic rings. The Hall–Kier alpha value is -3.72. The maximum atomic E-state index is 13.6. The number of fused-ring (bicyclic) bond motifs is 1. The molecule has 0 atom stereocenters. The number of benzene rings is 2. The molecule has 214 valence electrons. The van der Waals surface area contributed by atoms with Crippen LogP contribution >= 0.6 is 0 Å². The van der Waals surface area contributed by atoms with Gasteiger partial charge in [-0.15, -0.1) is 0 Å². The molecule has 9 heteroatoms. The lowest BCUT2D eigenvalue weighted by atomic mass is 9.90. The second-order valence-corrected chi connectivity index (χ2v) is 10.3. The van der Waals surface area contributed by atoms with E-state index in [0.717, 1.165) is 56.4 Å². The van der Waals surface area contributed by atoms with Crippen molar-refractivity contribution in [3.63, 3.8) is 0 Å². The molecule has 0 saturated carbocycles. The third-order valence-electron chi connectivity index (χ3n) is 7.54. The molecule has 0 bridgehead atoms. The van der Waals surface area contributed by atoms with Crippen molar-refractivity contribution in [2.24, 2.45) is 0 Å². The van der Waals surface area contributed by atoms with Crippen molar-refractivity contribution >= 4 is 22.7 Å². The number of halogens is 1. The molecule has 1 aliphatic rings. The first kappa shape index (κ1) is 29.3. The van der Waals surface area contributed by atoms with Crippen molar-refractivity contribution in [1.82, 2.24) is 5.16 Å². The van der Waals surface area contributed by atoms with Gasteiger partial charge in [-0.1, -0.05) is 24.2 Å². The summed E-state index contributed by atoms with van der Waals surface area (Å²) in [7, 11) is 1.55. The highest BCUT2D eigenvalue weighted by atomic mass is 19.1. The van der Waals surface area contributed by atoms with Crippen LogP contribution in [0.5, 0.6) is 11.5 Å². The van der Waals surface area contributed by atoms with E-state index in [1.54, 1.807) is 31.4 Å². The van der Waals surface area contributed by atoms with Gasteiger partial charge < -0.3 is 18.7 Å². The van der Waals surface area contributed by atoms with E-state index >= 15 is 0 Å². The van der Waals surface area contributed by atoms with Crippen LogP contribution in [0.15, 0.2) is 53.1 Å². The number of hydrogen-bond acceptors (Lipinski definition) is 7. The number of aromatic nitrogens is 1. The third-order valence-corrected chi connectivity index (χ3v) is 7.54. The Bertz CT molecular complexity index is 1340.